The average molecular weight is 332 g/mol. The smallest absolute Gasteiger partial charge is 0.413 e. The second-order valence-electron chi connectivity index (χ2n) is 3.83. The number of halogens is 1. The zero-order chi connectivity index (χ0) is 14.4. The van der Waals surface area contributed by atoms with Crippen LogP contribution in [0.1, 0.15) is 11.3 Å². The van der Waals surface area contributed by atoms with Crippen LogP contribution in [0.15, 0.2) is 46.9 Å². The lowest BCUT2D eigenvalue weighted by Crippen LogP contribution is -2.14. The van der Waals surface area contributed by atoms with Gasteiger partial charge in [-0.05, 0) is 33.6 Å². The fourth-order valence-corrected chi connectivity index (χ4v) is 1.76. The molecule has 0 saturated carbocycles. The minimum Gasteiger partial charge on any atom is -0.444 e. The van der Waals surface area contributed by atoms with Gasteiger partial charge in [-0.3, -0.25) is 5.32 Å². The molecule has 1 amide bonds. The Morgan fingerprint density at radius 3 is 2.75 bits per heavy atom. The van der Waals surface area contributed by atoms with E-state index in [1.54, 1.807) is 12.1 Å². The van der Waals surface area contributed by atoms with Gasteiger partial charge in [0.1, 0.15) is 18.5 Å². The van der Waals surface area contributed by atoms with Gasteiger partial charge in [0.05, 0.1) is 4.47 Å². The average Bonchev–Trinajstić information content (AvgIpc) is 2.48. The third-order valence-corrected chi connectivity index (χ3v) is 3.03. The molecule has 2 rings (SSSR count). The van der Waals surface area contributed by atoms with Crippen LogP contribution in [0.25, 0.3) is 0 Å². The summed E-state index contributed by atoms with van der Waals surface area (Å²) in [4.78, 5) is 15.6. The van der Waals surface area contributed by atoms with Crippen LogP contribution in [0.4, 0.5) is 10.6 Å². The van der Waals surface area contributed by atoms with Crippen molar-refractivity contribution in [1.29, 1.82) is 5.26 Å². The zero-order valence-electron chi connectivity index (χ0n) is 10.3. The van der Waals surface area contributed by atoms with Crippen molar-refractivity contribution >= 4 is 27.8 Å². The van der Waals surface area contributed by atoms with Crippen molar-refractivity contribution in [2.24, 2.45) is 0 Å². The topological polar surface area (TPSA) is 75.0 Å². The van der Waals surface area contributed by atoms with Crippen molar-refractivity contribution in [3.63, 3.8) is 0 Å². The maximum Gasteiger partial charge on any atom is 0.413 e. The van der Waals surface area contributed by atoms with E-state index in [1.807, 2.05) is 36.4 Å². The molecule has 1 aromatic heterocycles. The number of benzene rings is 1. The fraction of sp³-hybridized carbons (Fsp3) is 0.0714. The van der Waals surface area contributed by atoms with Gasteiger partial charge in [0.25, 0.3) is 0 Å². The molecule has 0 aliphatic rings. The van der Waals surface area contributed by atoms with Crippen LogP contribution >= 0.6 is 15.9 Å². The Balaban J connectivity index is 1.93. The van der Waals surface area contributed by atoms with E-state index in [-0.39, 0.29) is 18.1 Å². The molecule has 1 heterocycles. The fourth-order valence-electron chi connectivity index (χ4n) is 1.45. The molecule has 0 fully saturated rings. The molecule has 0 bridgehead atoms. The van der Waals surface area contributed by atoms with E-state index < -0.39 is 6.09 Å². The van der Waals surface area contributed by atoms with E-state index in [1.165, 1.54) is 0 Å². The Kier molecular flexibility index (Phi) is 4.69. The van der Waals surface area contributed by atoms with Crippen molar-refractivity contribution in [3.05, 3.63) is 58.2 Å². The molecular weight excluding hydrogens is 322 g/mol. The van der Waals surface area contributed by atoms with Crippen LogP contribution < -0.4 is 5.32 Å². The van der Waals surface area contributed by atoms with Crippen molar-refractivity contribution in [3.8, 4) is 6.07 Å². The number of nitriles is 1. The monoisotopic (exact) mass is 331 g/mol. The number of carbonyl (C=O) groups is 1. The molecule has 0 aliphatic carbocycles. The summed E-state index contributed by atoms with van der Waals surface area (Å²) in [5.41, 5.74) is 1.09. The van der Waals surface area contributed by atoms with E-state index in [9.17, 15) is 4.79 Å². The third-order valence-electron chi connectivity index (χ3n) is 2.39. The number of hydrogen-bond donors (Lipinski definition) is 1. The molecule has 2 aromatic rings. The highest BCUT2D eigenvalue weighted by molar-refractivity contribution is 9.10. The Morgan fingerprint density at radius 2 is 2.05 bits per heavy atom. The number of rotatable bonds is 3. The second kappa shape index (κ2) is 6.68. The Morgan fingerprint density at radius 1 is 1.30 bits per heavy atom. The highest BCUT2D eigenvalue weighted by Crippen LogP contribution is 2.16. The Bertz CT molecular complexity index is 653. The van der Waals surface area contributed by atoms with E-state index in [4.69, 9.17) is 10.00 Å². The van der Waals surface area contributed by atoms with E-state index in [0.29, 0.717) is 4.47 Å². The standard InChI is InChI=1S/C14H10BrN3O2/c15-11-6-7-13(17-12(11)8-16)18-14(19)20-9-10-4-2-1-3-5-10/h1-7H,9H2,(H,17,18,19). The van der Waals surface area contributed by atoms with Gasteiger partial charge in [-0.25, -0.2) is 9.78 Å². The molecule has 0 saturated heterocycles. The molecule has 0 radical (unpaired) electrons. The van der Waals surface area contributed by atoms with Crippen LogP contribution in [0, 0.1) is 11.3 Å². The molecular formula is C14H10BrN3O2. The first-order valence-electron chi connectivity index (χ1n) is 5.73. The van der Waals surface area contributed by atoms with E-state index in [2.05, 4.69) is 26.2 Å². The predicted octanol–water partition coefficient (Wildman–Crippen LogP) is 3.46. The molecule has 0 unspecified atom stereocenters. The number of amides is 1. The van der Waals surface area contributed by atoms with Gasteiger partial charge in [0.15, 0.2) is 5.69 Å². The molecule has 0 spiro atoms. The zero-order valence-corrected chi connectivity index (χ0v) is 11.9. The van der Waals surface area contributed by atoms with Crippen LogP contribution in [0.5, 0.6) is 0 Å². The van der Waals surface area contributed by atoms with Crippen LogP contribution in [-0.4, -0.2) is 11.1 Å². The van der Waals surface area contributed by atoms with Gasteiger partial charge in [-0.1, -0.05) is 30.3 Å². The number of hydrogen-bond acceptors (Lipinski definition) is 4. The minimum absolute atomic E-state index is 0.175. The normalized spacial score (nSPS) is 9.60. The van der Waals surface area contributed by atoms with E-state index in [0.717, 1.165) is 5.56 Å². The number of nitrogens with zero attached hydrogens (tertiary/aromatic N) is 2. The van der Waals surface area contributed by atoms with Crippen molar-refractivity contribution in [2.75, 3.05) is 5.32 Å². The molecule has 0 aliphatic heterocycles. The third kappa shape index (κ3) is 3.80. The van der Waals surface area contributed by atoms with Gasteiger partial charge in [0.2, 0.25) is 0 Å². The number of aromatic nitrogens is 1. The summed E-state index contributed by atoms with van der Waals surface area (Å²) < 4.78 is 5.62. The number of pyridine rings is 1. The molecule has 6 heteroatoms. The van der Waals surface area contributed by atoms with Crippen molar-refractivity contribution in [1.82, 2.24) is 4.98 Å². The SMILES string of the molecule is N#Cc1nc(NC(=O)OCc2ccccc2)ccc1Br. The Hall–Kier alpha value is -2.39. The van der Waals surface area contributed by atoms with Gasteiger partial charge >= 0.3 is 6.09 Å². The summed E-state index contributed by atoms with van der Waals surface area (Å²) in [6.45, 7) is 0.175. The largest absolute Gasteiger partial charge is 0.444 e. The van der Waals surface area contributed by atoms with E-state index >= 15 is 0 Å². The highest BCUT2D eigenvalue weighted by Gasteiger charge is 2.07. The van der Waals surface area contributed by atoms with Crippen molar-refractivity contribution in [2.45, 2.75) is 6.61 Å². The Labute approximate surface area is 124 Å². The number of ether oxygens (including phenoxy) is 1. The molecule has 100 valence electrons. The summed E-state index contributed by atoms with van der Waals surface area (Å²) in [5.74, 6) is 0.266. The van der Waals surface area contributed by atoms with Crippen LogP contribution in [0.3, 0.4) is 0 Å². The first kappa shape index (κ1) is 14.0. The van der Waals surface area contributed by atoms with Gasteiger partial charge < -0.3 is 4.74 Å². The minimum atomic E-state index is -0.618. The number of nitrogens with one attached hydrogen (secondary N) is 1. The van der Waals surface area contributed by atoms with Gasteiger partial charge in [-0.2, -0.15) is 5.26 Å². The van der Waals surface area contributed by atoms with Crippen LogP contribution in [-0.2, 0) is 11.3 Å². The summed E-state index contributed by atoms with van der Waals surface area (Å²) in [7, 11) is 0. The summed E-state index contributed by atoms with van der Waals surface area (Å²) in [6.07, 6.45) is -0.618. The predicted molar refractivity (Wildman–Crippen MR) is 76.9 cm³/mol. The molecule has 0 atom stereocenters. The molecule has 5 nitrogen and oxygen atoms in total. The first-order chi connectivity index (χ1) is 9.69. The van der Waals surface area contributed by atoms with Gasteiger partial charge in [0, 0.05) is 0 Å². The lowest BCUT2D eigenvalue weighted by molar-refractivity contribution is 0.155. The first-order valence-corrected chi connectivity index (χ1v) is 6.52. The maximum absolute atomic E-state index is 11.6. The summed E-state index contributed by atoms with van der Waals surface area (Å²) in [6, 6.07) is 14.5. The number of anilines is 1. The summed E-state index contributed by atoms with van der Waals surface area (Å²) in [5, 5.41) is 11.3. The quantitative estimate of drug-likeness (QED) is 0.934. The summed E-state index contributed by atoms with van der Waals surface area (Å²) >= 11 is 3.19. The lowest BCUT2D eigenvalue weighted by atomic mass is 10.2. The molecule has 20 heavy (non-hydrogen) atoms. The maximum atomic E-state index is 11.6. The van der Waals surface area contributed by atoms with Crippen LogP contribution in [0.2, 0.25) is 0 Å². The van der Waals surface area contributed by atoms with Gasteiger partial charge in [-0.15, -0.1) is 0 Å². The second-order valence-corrected chi connectivity index (χ2v) is 4.68. The molecule has 1 aromatic carbocycles. The highest BCUT2D eigenvalue weighted by atomic mass is 79.9. The molecule has 1 N–H and O–H groups in total. The number of carbonyl (C=O) groups excluding carboxylic acids is 1. The lowest BCUT2D eigenvalue weighted by Gasteiger charge is -2.07. The van der Waals surface area contributed by atoms with Crippen molar-refractivity contribution < 1.29 is 9.53 Å².